The Kier molecular flexibility index (Phi) is 6.36. The summed E-state index contributed by atoms with van der Waals surface area (Å²) in [5, 5.41) is 0.256. The van der Waals surface area contributed by atoms with Crippen molar-refractivity contribution in [2.75, 3.05) is 6.61 Å². The molecule has 0 N–H and O–H groups in total. The molecule has 0 aromatic heterocycles. The van der Waals surface area contributed by atoms with Gasteiger partial charge in [-0.2, -0.15) is 0 Å². The van der Waals surface area contributed by atoms with Crippen LogP contribution in [-0.4, -0.2) is 20.7 Å². The Morgan fingerprint density at radius 2 is 1.48 bits per heavy atom. The van der Waals surface area contributed by atoms with Crippen molar-refractivity contribution in [1.29, 1.82) is 0 Å². The quantitative estimate of drug-likeness (QED) is 0.353. The van der Waals surface area contributed by atoms with Gasteiger partial charge < -0.3 is 4.43 Å². The Labute approximate surface area is 153 Å². The third-order valence-electron chi connectivity index (χ3n) is 5.13. The van der Waals surface area contributed by atoms with Gasteiger partial charge >= 0.3 is 0 Å². The van der Waals surface area contributed by atoms with Crippen molar-refractivity contribution < 1.29 is 9.22 Å². The number of carbonyl (C=O) groups excluding carboxylic acids is 1. The Hall–Kier alpha value is -1.71. The molecule has 0 heterocycles. The zero-order valence-corrected chi connectivity index (χ0v) is 17.1. The predicted octanol–water partition coefficient (Wildman–Crippen LogP) is 5.87. The number of hydrogen-bond donors (Lipinski definition) is 0. The molecule has 2 rings (SSSR count). The smallest absolute Gasteiger partial charge is 0.193 e. The second kappa shape index (κ2) is 8.11. The lowest BCUT2D eigenvalue weighted by Gasteiger charge is -2.36. The van der Waals surface area contributed by atoms with Crippen LogP contribution in [0.2, 0.25) is 18.1 Å². The Morgan fingerprint density at radius 3 is 2.04 bits per heavy atom. The van der Waals surface area contributed by atoms with E-state index in [0.717, 1.165) is 30.6 Å². The van der Waals surface area contributed by atoms with Crippen LogP contribution < -0.4 is 0 Å². The number of hydrogen-bond acceptors (Lipinski definition) is 2. The molecular formula is C22H30O2Si. The molecular weight excluding hydrogens is 324 g/mol. The van der Waals surface area contributed by atoms with E-state index in [1.807, 2.05) is 42.5 Å². The molecule has 0 saturated heterocycles. The van der Waals surface area contributed by atoms with Crippen molar-refractivity contribution >= 4 is 14.1 Å². The zero-order valence-electron chi connectivity index (χ0n) is 16.1. The van der Waals surface area contributed by atoms with Crippen LogP contribution in [0.3, 0.4) is 0 Å². The highest BCUT2D eigenvalue weighted by molar-refractivity contribution is 6.74. The highest BCUT2D eigenvalue weighted by Gasteiger charge is 2.36. The van der Waals surface area contributed by atoms with Crippen LogP contribution >= 0.6 is 0 Å². The Balaban J connectivity index is 1.86. The number of benzene rings is 2. The molecule has 0 amide bonds. The lowest BCUT2D eigenvalue weighted by atomic mass is 10.0. The van der Waals surface area contributed by atoms with Crippen molar-refractivity contribution in [3.05, 3.63) is 71.3 Å². The molecule has 2 aromatic rings. The summed E-state index contributed by atoms with van der Waals surface area (Å²) < 4.78 is 6.22. The fourth-order valence-electron chi connectivity index (χ4n) is 2.40. The first kappa shape index (κ1) is 19.6. The van der Waals surface area contributed by atoms with Crippen LogP contribution in [0.5, 0.6) is 0 Å². The number of aryl methyl sites for hydroxylation is 1. The minimum atomic E-state index is -1.65. The molecule has 0 fully saturated rings. The van der Waals surface area contributed by atoms with Gasteiger partial charge in [0.1, 0.15) is 0 Å². The lowest BCUT2D eigenvalue weighted by Crippen LogP contribution is -2.41. The first-order chi connectivity index (χ1) is 11.7. The molecule has 0 bridgehead atoms. The van der Waals surface area contributed by atoms with Gasteiger partial charge in [-0.05, 0) is 36.5 Å². The fourth-order valence-corrected chi connectivity index (χ4v) is 3.49. The van der Waals surface area contributed by atoms with E-state index in [-0.39, 0.29) is 10.8 Å². The monoisotopic (exact) mass is 354 g/mol. The molecule has 3 heteroatoms. The van der Waals surface area contributed by atoms with Gasteiger partial charge in [0.25, 0.3) is 0 Å². The Bertz CT molecular complexity index is 682. The van der Waals surface area contributed by atoms with Gasteiger partial charge in [0.15, 0.2) is 14.1 Å². The van der Waals surface area contributed by atoms with Gasteiger partial charge in [-0.1, -0.05) is 75.4 Å². The molecule has 0 spiro atoms. The molecule has 2 aromatic carbocycles. The van der Waals surface area contributed by atoms with Crippen LogP contribution in [0.4, 0.5) is 0 Å². The summed E-state index contributed by atoms with van der Waals surface area (Å²) in [6.45, 7) is 12.2. The van der Waals surface area contributed by atoms with E-state index < -0.39 is 8.32 Å². The number of rotatable bonds is 7. The molecule has 2 nitrogen and oxygen atoms in total. The van der Waals surface area contributed by atoms with E-state index in [1.165, 1.54) is 5.56 Å². The van der Waals surface area contributed by atoms with Crippen molar-refractivity contribution in [3.63, 3.8) is 0 Å². The van der Waals surface area contributed by atoms with Crippen LogP contribution in [0.15, 0.2) is 54.6 Å². The van der Waals surface area contributed by atoms with Gasteiger partial charge in [-0.3, -0.25) is 4.79 Å². The number of ketones is 1. The number of carbonyl (C=O) groups is 1. The van der Waals surface area contributed by atoms with Crippen LogP contribution in [0.1, 0.15) is 48.7 Å². The topological polar surface area (TPSA) is 26.3 Å². The molecule has 134 valence electrons. The first-order valence-electron chi connectivity index (χ1n) is 9.03. The maximum absolute atomic E-state index is 12.4. The standard InChI is InChI=1S/C22H30O2Si/c1-22(2,3)25(4,5)24-17-9-10-18-13-15-20(16-14-18)21(23)19-11-7-6-8-12-19/h6-8,11-16H,9-10,17H2,1-5H3. The van der Waals surface area contributed by atoms with E-state index in [0.29, 0.717) is 0 Å². The molecule has 0 unspecified atom stereocenters. The maximum atomic E-state index is 12.4. The largest absolute Gasteiger partial charge is 0.417 e. The van der Waals surface area contributed by atoms with E-state index in [1.54, 1.807) is 0 Å². The van der Waals surface area contributed by atoms with Gasteiger partial charge in [-0.15, -0.1) is 0 Å². The molecule has 0 aliphatic heterocycles. The predicted molar refractivity (Wildman–Crippen MR) is 108 cm³/mol. The second-order valence-electron chi connectivity index (χ2n) is 8.10. The third-order valence-corrected chi connectivity index (χ3v) is 9.67. The summed E-state index contributed by atoms with van der Waals surface area (Å²) in [5.41, 5.74) is 2.73. The van der Waals surface area contributed by atoms with Crippen LogP contribution in [-0.2, 0) is 10.8 Å². The fraction of sp³-hybridized carbons (Fsp3) is 0.409. The Morgan fingerprint density at radius 1 is 0.920 bits per heavy atom. The molecule has 0 aliphatic rings. The van der Waals surface area contributed by atoms with Gasteiger partial charge in [0.05, 0.1) is 0 Å². The van der Waals surface area contributed by atoms with Gasteiger partial charge in [-0.25, -0.2) is 0 Å². The first-order valence-corrected chi connectivity index (χ1v) is 11.9. The van der Waals surface area contributed by atoms with Gasteiger partial charge in [0.2, 0.25) is 0 Å². The molecule has 0 aliphatic carbocycles. The summed E-state index contributed by atoms with van der Waals surface area (Å²) in [7, 11) is -1.65. The maximum Gasteiger partial charge on any atom is 0.193 e. The second-order valence-corrected chi connectivity index (χ2v) is 12.9. The zero-order chi connectivity index (χ0) is 18.5. The lowest BCUT2D eigenvalue weighted by molar-refractivity contribution is 0.103. The summed E-state index contributed by atoms with van der Waals surface area (Å²) in [4.78, 5) is 12.4. The van der Waals surface area contributed by atoms with E-state index in [4.69, 9.17) is 4.43 Å². The summed E-state index contributed by atoms with van der Waals surface area (Å²) in [5.74, 6) is 0.0772. The summed E-state index contributed by atoms with van der Waals surface area (Å²) >= 11 is 0. The van der Waals surface area contributed by atoms with Crippen molar-refractivity contribution in [2.24, 2.45) is 0 Å². The average Bonchev–Trinajstić information content (AvgIpc) is 2.58. The highest BCUT2D eigenvalue weighted by atomic mass is 28.4. The van der Waals surface area contributed by atoms with E-state index in [9.17, 15) is 4.79 Å². The van der Waals surface area contributed by atoms with Gasteiger partial charge in [0, 0.05) is 17.7 Å². The SMILES string of the molecule is CC(C)(C)[Si](C)(C)OCCCc1ccc(C(=O)c2ccccc2)cc1. The normalized spacial score (nSPS) is 12.2. The summed E-state index contributed by atoms with van der Waals surface area (Å²) in [6.07, 6.45) is 1.99. The molecule has 0 radical (unpaired) electrons. The molecule has 0 atom stereocenters. The molecule has 25 heavy (non-hydrogen) atoms. The highest BCUT2D eigenvalue weighted by Crippen LogP contribution is 2.36. The summed E-state index contributed by atoms with van der Waals surface area (Å²) in [6, 6.07) is 17.4. The van der Waals surface area contributed by atoms with E-state index >= 15 is 0 Å². The van der Waals surface area contributed by atoms with Crippen molar-refractivity contribution in [1.82, 2.24) is 0 Å². The molecule has 0 saturated carbocycles. The average molecular weight is 355 g/mol. The van der Waals surface area contributed by atoms with Crippen LogP contribution in [0, 0.1) is 0 Å². The third kappa shape index (κ3) is 5.38. The minimum absolute atomic E-state index is 0.0772. The van der Waals surface area contributed by atoms with Crippen molar-refractivity contribution in [2.45, 2.75) is 51.7 Å². The van der Waals surface area contributed by atoms with Crippen molar-refractivity contribution in [3.8, 4) is 0 Å². The van der Waals surface area contributed by atoms with Crippen LogP contribution in [0.25, 0.3) is 0 Å². The van der Waals surface area contributed by atoms with E-state index in [2.05, 4.69) is 46.0 Å². The minimum Gasteiger partial charge on any atom is -0.417 e.